The van der Waals surface area contributed by atoms with E-state index >= 15 is 0 Å². The lowest BCUT2D eigenvalue weighted by molar-refractivity contribution is 0.00838. The van der Waals surface area contributed by atoms with Gasteiger partial charge < -0.3 is 20.7 Å². The summed E-state index contributed by atoms with van der Waals surface area (Å²) in [5.74, 6) is 0.656. The Morgan fingerprint density at radius 2 is 1.86 bits per heavy atom. The average molecular weight is 383 g/mol. The van der Waals surface area contributed by atoms with Crippen molar-refractivity contribution in [2.45, 2.75) is 76.6 Å². The summed E-state index contributed by atoms with van der Waals surface area (Å²) >= 11 is 0. The highest BCUT2D eigenvalue weighted by Gasteiger charge is 2.48. The number of phenolic OH excluding ortho intramolecular Hbond substituents is 1. The molecular weight excluding hydrogens is 354 g/mol. The first-order valence-corrected chi connectivity index (χ1v) is 10.2. The summed E-state index contributed by atoms with van der Waals surface area (Å²) < 4.78 is 5.91. The van der Waals surface area contributed by atoms with Crippen molar-refractivity contribution >= 4 is 5.82 Å². The highest BCUT2D eigenvalue weighted by atomic mass is 16.5. The summed E-state index contributed by atoms with van der Waals surface area (Å²) in [5, 5.41) is 27.4. The van der Waals surface area contributed by atoms with Crippen molar-refractivity contribution < 1.29 is 14.9 Å². The Labute approximate surface area is 165 Å². The minimum atomic E-state index is -0.0302. The van der Waals surface area contributed by atoms with Gasteiger partial charge in [-0.2, -0.15) is 0 Å². The topological polar surface area (TPSA) is 101 Å². The molecule has 1 spiro atoms. The molecule has 3 aliphatic rings. The molecule has 28 heavy (non-hydrogen) atoms. The van der Waals surface area contributed by atoms with Crippen LogP contribution in [0.4, 0.5) is 5.82 Å². The third-order valence-electron chi connectivity index (χ3n) is 6.03. The molecule has 6 nitrogen and oxygen atoms in total. The van der Waals surface area contributed by atoms with Gasteiger partial charge in [0.2, 0.25) is 0 Å². The van der Waals surface area contributed by atoms with Crippen LogP contribution in [0.5, 0.6) is 5.75 Å². The summed E-state index contributed by atoms with van der Waals surface area (Å²) in [6.45, 7) is 2.43. The molecule has 1 aliphatic heterocycles. The molecule has 0 unspecified atom stereocenters. The number of aliphatic hydroxyl groups excluding tert-OH is 1. The van der Waals surface area contributed by atoms with E-state index in [1.54, 1.807) is 6.07 Å². The van der Waals surface area contributed by atoms with Gasteiger partial charge in [0.25, 0.3) is 0 Å². The minimum Gasteiger partial charge on any atom is -0.507 e. The van der Waals surface area contributed by atoms with E-state index in [-0.39, 0.29) is 17.5 Å². The van der Waals surface area contributed by atoms with Crippen LogP contribution in [0, 0.1) is 6.92 Å². The fourth-order valence-electron chi connectivity index (χ4n) is 4.07. The monoisotopic (exact) mass is 383 g/mol. The van der Waals surface area contributed by atoms with Crippen LogP contribution in [0.2, 0.25) is 0 Å². The molecule has 0 radical (unpaired) electrons. The molecule has 150 valence electrons. The second-order valence-electron chi connectivity index (χ2n) is 8.35. The second-order valence-corrected chi connectivity index (χ2v) is 8.35. The molecule has 2 fully saturated rings. The van der Waals surface area contributed by atoms with E-state index < -0.39 is 0 Å². The molecule has 2 aliphatic carbocycles. The number of aliphatic hydroxyl groups is 1. The maximum atomic E-state index is 10.2. The molecule has 2 heterocycles. The second kappa shape index (κ2) is 7.68. The van der Waals surface area contributed by atoms with E-state index in [2.05, 4.69) is 10.2 Å². The van der Waals surface area contributed by atoms with E-state index in [0.717, 1.165) is 54.5 Å². The lowest BCUT2D eigenvalue weighted by Crippen LogP contribution is -2.26. The Hall–Kier alpha value is -2.18. The van der Waals surface area contributed by atoms with Gasteiger partial charge in [0.1, 0.15) is 11.4 Å². The SMILES string of the molecule is Cc1ccc(-c2nnc(N)c3c2CC2(CC2)OC3)c(O)c1.OC1CCCCC1. The molecule has 1 aromatic carbocycles. The van der Waals surface area contributed by atoms with E-state index in [1.165, 1.54) is 19.3 Å². The van der Waals surface area contributed by atoms with Gasteiger partial charge in [0.15, 0.2) is 5.82 Å². The van der Waals surface area contributed by atoms with Crippen LogP contribution in [0.15, 0.2) is 18.2 Å². The number of nitrogen functional groups attached to an aromatic ring is 1. The number of hydrogen-bond donors (Lipinski definition) is 3. The first-order chi connectivity index (χ1) is 13.5. The number of nitrogens with zero attached hydrogens (tertiary/aromatic N) is 2. The first-order valence-electron chi connectivity index (χ1n) is 10.2. The molecule has 0 amide bonds. The average Bonchev–Trinajstić information content (AvgIpc) is 3.42. The van der Waals surface area contributed by atoms with Gasteiger partial charge in [-0.1, -0.05) is 25.3 Å². The van der Waals surface area contributed by atoms with Gasteiger partial charge in [-0.05, 0) is 55.9 Å². The molecule has 0 saturated heterocycles. The third kappa shape index (κ3) is 3.98. The Kier molecular flexibility index (Phi) is 5.25. The number of rotatable bonds is 1. The van der Waals surface area contributed by atoms with Gasteiger partial charge in [0.05, 0.1) is 18.3 Å². The van der Waals surface area contributed by atoms with E-state index in [0.29, 0.717) is 18.0 Å². The highest BCUT2D eigenvalue weighted by molar-refractivity contribution is 5.72. The normalized spacial score (nSPS) is 20.2. The van der Waals surface area contributed by atoms with Crippen molar-refractivity contribution in [2.75, 3.05) is 5.73 Å². The Morgan fingerprint density at radius 3 is 2.46 bits per heavy atom. The quantitative estimate of drug-likeness (QED) is 0.695. The zero-order valence-electron chi connectivity index (χ0n) is 16.4. The van der Waals surface area contributed by atoms with Crippen molar-refractivity contribution in [2.24, 2.45) is 0 Å². The minimum absolute atomic E-state index is 0.0302. The Bertz CT molecular complexity index is 858. The molecule has 1 aromatic heterocycles. The predicted octanol–water partition coefficient (Wildman–Crippen LogP) is 3.66. The summed E-state index contributed by atoms with van der Waals surface area (Å²) in [6.07, 6.45) is 8.88. The van der Waals surface area contributed by atoms with Crippen LogP contribution in [0.3, 0.4) is 0 Å². The number of nitrogens with two attached hydrogens (primary N) is 1. The number of ether oxygens (including phenoxy) is 1. The maximum absolute atomic E-state index is 10.2. The maximum Gasteiger partial charge on any atom is 0.151 e. The molecule has 2 saturated carbocycles. The van der Waals surface area contributed by atoms with Crippen molar-refractivity contribution in [1.29, 1.82) is 0 Å². The Morgan fingerprint density at radius 1 is 1.11 bits per heavy atom. The third-order valence-corrected chi connectivity index (χ3v) is 6.03. The molecule has 6 heteroatoms. The van der Waals surface area contributed by atoms with Crippen LogP contribution >= 0.6 is 0 Å². The fourth-order valence-corrected chi connectivity index (χ4v) is 4.07. The molecule has 0 bridgehead atoms. The van der Waals surface area contributed by atoms with Gasteiger partial charge in [-0.15, -0.1) is 10.2 Å². The zero-order valence-corrected chi connectivity index (χ0v) is 16.4. The van der Waals surface area contributed by atoms with Gasteiger partial charge in [0, 0.05) is 17.5 Å². The highest BCUT2D eigenvalue weighted by Crippen LogP contribution is 2.49. The summed E-state index contributed by atoms with van der Waals surface area (Å²) in [6, 6.07) is 5.60. The number of aromatic hydroxyl groups is 1. The lowest BCUT2D eigenvalue weighted by atomic mass is 9.93. The molecule has 4 N–H and O–H groups in total. The van der Waals surface area contributed by atoms with E-state index in [4.69, 9.17) is 15.6 Å². The number of hydrogen-bond acceptors (Lipinski definition) is 6. The van der Waals surface area contributed by atoms with Crippen LogP contribution in [-0.2, 0) is 17.8 Å². The lowest BCUT2D eigenvalue weighted by Gasteiger charge is -2.27. The fraction of sp³-hybridized carbons (Fsp3) is 0.545. The van der Waals surface area contributed by atoms with Crippen LogP contribution < -0.4 is 5.73 Å². The van der Waals surface area contributed by atoms with E-state index in [9.17, 15) is 5.11 Å². The molecule has 0 atom stereocenters. The van der Waals surface area contributed by atoms with E-state index in [1.807, 2.05) is 19.1 Å². The van der Waals surface area contributed by atoms with Gasteiger partial charge >= 0.3 is 0 Å². The van der Waals surface area contributed by atoms with Gasteiger partial charge in [-0.3, -0.25) is 0 Å². The number of aryl methyl sites for hydroxylation is 1. The first kappa shape index (κ1) is 19.2. The van der Waals surface area contributed by atoms with Crippen molar-refractivity contribution in [3.63, 3.8) is 0 Å². The molecule has 2 aromatic rings. The standard InChI is InChI=1S/C16H17N3O2.C6H12O/c1-9-2-3-10(13(20)6-9)14-11-7-16(4-5-16)21-8-12(11)15(17)19-18-14;7-6-4-2-1-3-5-6/h2-3,6,20H,4-5,7-8H2,1H3,(H2,17,19);6-7H,1-5H2. The smallest absolute Gasteiger partial charge is 0.151 e. The van der Waals surface area contributed by atoms with Crippen LogP contribution in [0.1, 0.15) is 61.6 Å². The van der Waals surface area contributed by atoms with Crippen molar-refractivity contribution in [3.05, 3.63) is 34.9 Å². The van der Waals surface area contributed by atoms with Crippen molar-refractivity contribution in [1.82, 2.24) is 10.2 Å². The number of aromatic nitrogens is 2. The summed E-state index contributed by atoms with van der Waals surface area (Å²) in [7, 11) is 0. The molecule has 5 rings (SSSR count). The summed E-state index contributed by atoms with van der Waals surface area (Å²) in [5.41, 5.74) is 10.3. The largest absolute Gasteiger partial charge is 0.507 e. The van der Waals surface area contributed by atoms with Gasteiger partial charge in [-0.25, -0.2) is 0 Å². The van der Waals surface area contributed by atoms with Crippen molar-refractivity contribution in [3.8, 4) is 17.0 Å². The summed E-state index contributed by atoms with van der Waals surface area (Å²) in [4.78, 5) is 0. The number of phenols is 1. The molecular formula is C22H29N3O3. The zero-order chi connectivity index (χ0) is 19.7. The number of anilines is 1. The van der Waals surface area contributed by atoms with Crippen LogP contribution in [-0.4, -0.2) is 32.1 Å². The number of fused-ring (bicyclic) bond motifs is 1. The number of benzene rings is 1. The Balaban J connectivity index is 0.000000233. The van der Waals surface area contributed by atoms with Crippen LogP contribution in [0.25, 0.3) is 11.3 Å². The predicted molar refractivity (Wildman–Crippen MR) is 108 cm³/mol.